The van der Waals surface area contributed by atoms with Crippen LogP contribution in [0.4, 0.5) is 13.2 Å². The molecule has 4 nitrogen and oxygen atoms in total. The zero-order valence-electron chi connectivity index (χ0n) is 9.03. The molecule has 0 saturated carbocycles. The van der Waals surface area contributed by atoms with Crippen LogP contribution in [-0.2, 0) is 27.1 Å². The molecule has 98 valence electrons. The van der Waals surface area contributed by atoms with Gasteiger partial charge in [0.05, 0.1) is 5.56 Å². The lowest BCUT2D eigenvalue weighted by molar-refractivity contribution is -0.152. The lowest BCUT2D eigenvalue weighted by atomic mass is 10.1. The summed E-state index contributed by atoms with van der Waals surface area (Å²) in [4.78, 5) is 21.0. The Morgan fingerprint density at radius 2 is 1.72 bits per heavy atom. The van der Waals surface area contributed by atoms with Crippen molar-refractivity contribution >= 4 is 11.9 Å². The van der Waals surface area contributed by atoms with Crippen LogP contribution in [0, 0.1) is 0 Å². The zero-order valence-corrected chi connectivity index (χ0v) is 9.03. The minimum absolute atomic E-state index is 0.260. The van der Waals surface area contributed by atoms with E-state index in [-0.39, 0.29) is 6.61 Å². The van der Waals surface area contributed by atoms with Crippen LogP contribution in [0.2, 0.25) is 0 Å². The lowest BCUT2D eigenvalue weighted by Crippen LogP contribution is -2.10. The van der Waals surface area contributed by atoms with E-state index in [0.717, 1.165) is 24.3 Å². The van der Waals surface area contributed by atoms with Crippen molar-refractivity contribution in [3.05, 3.63) is 35.4 Å². The van der Waals surface area contributed by atoms with Crippen molar-refractivity contribution in [1.29, 1.82) is 0 Å². The number of hydrogen-bond acceptors (Lipinski definition) is 3. The molecule has 7 heteroatoms. The zero-order chi connectivity index (χ0) is 13.8. The van der Waals surface area contributed by atoms with Crippen molar-refractivity contribution in [3.8, 4) is 0 Å². The van der Waals surface area contributed by atoms with Gasteiger partial charge in [0.1, 0.15) is 13.0 Å². The molecule has 0 heterocycles. The van der Waals surface area contributed by atoms with Crippen molar-refractivity contribution < 1.29 is 32.6 Å². The number of hydrogen-bond donors (Lipinski definition) is 1. The molecule has 0 aliphatic rings. The SMILES string of the molecule is O=C(O)CC(=O)OCc1ccc(C(F)(F)F)cc1. The number of alkyl halides is 3. The van der Waals surface area contributed by atoms with E-state index < -0.39 is 30.1 Å². The molecule has 18 heavy (non-hydrogen) atoms. The molecule has 0 bridgehead atoms. The van der Waals surface area contributed by atoms with Crippen LogP contribution in [0.5, 0.6) is 0 Å². The summed E-state index contributed by atoms with van der Waals surface area (Å²) in [5.74, 6) is -2.27. The molecule has 1 aromatic rings. The van der Waals surface area contributed by atoms with Crippen molar-refractivity contribution in [2.45, 2.75) is 19.2 Å². The summed E-state index contributed by atoms with van der Waals surface area (Å²) >= 11 is 0. The predicted molar refractivity (Wildman–Crippen MR) is 53.5 cm³/mol. The molecule has 0 unspecified atom stereocenters. The van der Waals surface area contributed by atoms with Gasteiger partial charge in [-0.15, -0.1) is 0 Å². The van der Waals surface area contributed by atoms with Gasteiger partial charge in [-0.05, 0) is 17.7 Å². The average Bonchev–Trinajstić information content (AvgIpc) is 2.25. The summed E-state index contributed by atoms with van der Waals surface area (Å²) < 4.78 is 41.2. The molecule has 0 fully saturated rings. The summed E-state index contributed by atoms with van der Waals surface area (Å²) in [5, 5.41) is 8.28. The van der Waals surface area contributed by atoms with Gasteiger partial charge in [-0.25, -0.2) is 0 Å². The topological polar surface area (TPSA) is 63.6 Å². The van der Waals surface area contributed by atoms with E-state index in [1.54, 1.807) is 0 Å². The van der Waals surface area contributed by atoms with Gasteiger partial charge in [0.25, 0.3) is 0 Å². The number of esters is 1. The fourth-order valence-corrected chi connectivity index (χ4v) is 1.13. The molecule has 0 saturated heterocycles. The highest BCUT2D eigenvalue weighted by molar-refractivity contribution is 5.90. The average molecular weight is 262 g/mol. The Bertz CT molecular complexity index is 437. The first-order chi connectivity index (χ1) is 8.29. The maximum atomic E-state index is 12.2. The number of ether oxygens (including phenoxy) is 1. The molecule has 0 atom stereocenters. The van der Waals surface area contributed by atoms with Crippen LogP contribution < -0.4 is 0 Å². The number of carboxylic acid groups (broad SMARTS) is 1. The highest BCUT2D eigenvalue weighted by atomic mass is 19.4. The molecular formula is C11H9F3O4. The molecule has 0 amide bonds. The lowest BCUT2D eigenvalue weighted by Gasteiger charge is -2.07. The Hall–Kier alpha value is -2.05. The highest BCUT2D eigenvalue weighted by Crippen LogP contribution is 2.29. The van der Waals surface area contributed by atoms with Crippen LogP contribution in [0.3, 0.4) is 0 Å². The summed E-state index contributed by atoms with van der Waals surface area (Å²) in [5.41, 5.74) is -0.454. The predicted octanol–water partition coefficient (Wildman–Crippen LogP) is 2.22. The maximum Gasteiger partial charge on any atom is 0.416 e. The van der Waals surface area contributed by atoms with E-state index in [1.165, 1.54) is 0 Å². The number of carbonyl (C=O) groups excluding carboxylic acids is 1. The fourth-order valence-electron chi connectivity index (χ4n) is 1.13. The number of benzene rings is 1. The number of carboxylic acids is 1. The van der Waals surface area contributed by atoms with Crippen molar-refractivity contribution in [1.82, 2.24) is 0 Å². The Kier molecular flexibility index (Phi) is 4.30. The molecule has 0 spiro atoms. The van der Waals surface area contributed by atoms with Crippen molar-refractivity contribution in [3.63, 3.8) is 0 Å². The monoisotopic (exact) mass is 262 g/mol. The Labute approximate surface area is 100.0 Å². The maximum absolute atomic E-state index is 12.2. The van der Waals surface area contributed by atoms with Crippen LogP contribution in [-0.4, -0.2) is 17.0 Å². The molecule has 0 aliphatic carbocycles. The summed E-state index contributed by atoms with van der Waals surface area (Å²) in [6.45, 7) is -0.260. The second-order valence-corrected chi connectivity index (χ2v) is 3.43. The summed E-state index contributed by atoms with van der Waals surface area (Å²) in [6.07, 6.45) is -5.20. The van der Waals surface area contributed by atoms with Crippen LogP contribution in [0.15, 0.2) is 24.3 Å². The van der Waals surface area contributed by atoms with E-state index in [1.807, 2.05) is 0 Å². The molecule has 0 aromatic heterocycles. The quantitative estimate of drug-likeness (QED) is 0.667. The summed E-state index contributed by atoms with van der Waals surface area (Å²) in [6, 6.07) is 4.05. The standard InChI is InChI=1S/C11H9F3O4/c12-11(13,14)8-3-1-7(2-4-8)6-18-10(17)5-9(15)16/h1-4H,5-6H2,(H,15,16). The molecule has 0 radical (unpaired) electrons. The van der Waals surface area contributed by atoms with Gasteiger partial charge in [0.15, 0.2) is 0 Å². The molecular weight excluding hydrogens is 253 g/mol. The van der Waals surface area contributed by atoms with Gasteiger partial charge in [-0.3, -0.25) is 9.59 Å². The largest absolute Gasteiger partial charge is 0.481 e. The van der Waals surface area contributed by atoms with Gasteiger partial charge in [-0.1, -0.05) is 12.1 Å². The number of halogens is 3. The number of aliphatic carboxylic acids is 1. The first kappa shape index (κ1) is 14.0. The minimum Gasteiger partial charge on any atom is -0.481 e. The third kappa shape index (κ3) is 4.44. The second kappa shape index (κ2) is 5.52. The van der Waals surface area contributed by atoms with E-state index in [9.17, 15) is 22.8 Å². The van der Waals surface area contributed by atoms with Crippen LogP contribution >= 0.6 is 0 Å². The van der Waals surface area contributed by atoms with Crippen molar-refractivity contribution in [2.24, 2.45) is 0 Å². The Morgan fingerprint density at radius 3 is 2.17 bits per heavy atom. The van der Waals surface area contributed by atoms with Crippen LogP contribution in [0.25, 0.3) is 0 Å². The Balaban J connectivity index is 2.54. The number of rotatable bonds is 4. The first-order valence-electron chi connectivity index (χ1n) is 4.82. The third-order valence-corrected chi connectivity index (χ3v) is 1.98. The van der Waals surface area contributed by atoms with Gasteiger partial charge in [-0.2, -0.15) is 13.2 Å². The second-order valence-electron chi connectivity index (χ2n) is 3.43. The third-order valence-electron chi connectivity index (χ3n) is 1.98. The van der Waals surface area contributed by atoms with E-state index >= 15 is 0 Å². The summed E-state index contributed by atoms with van der Waals surface area (Å²) in [7, 11) is 0. The molecule has 1 N–H and O–H groups in total. The fraction of sp³-hybridized carbons (Fsp3) is 0.273. The smallest absolute Gasteiger partial charge is 0.416 e. The van der Waals surface area contributed by atoms with Gasteiger partial charge >= 0.3 is 18.1 Å². The molecule has 1 aromatic carbocycles. The van der Waals surface area contributed by atoms with E-state index in [2.05, 4.69) is 4.74 Å². The normalized spacial score (nSPS) is 11.1. The van der Waals surface area contributed by atoms with Crippen molar-refractivity contribution in [2.75, 3.05) is 0 Å². The molecule has 1 rings (SSSR count). The van der Waals surface area contributed by atoms with Gasteiger partial charge in [0.2, 0.25) is 0 Å². The number of carbonyl (C=O) groups is 2. The van der Waals surface area contributed by atoms with E-state index in [4.69, 9.17) is 5.11 Å². The minimum atomic E-state index is -4.42. The van der Waals surface area contributed by atoms with E-state index in [0.29, 0.717) is 5.56 Å². The van der Waals surface area contributed by atoms with Gasteiger partial charge in [0, 0.05) is 0 Å². The Morgan fingerprint density at radius 1 is 1.17 bits per heavy atom. The van der Waals surface area contributed by atoms with Gasteiger partial charge < -0.3 is 9.84 Å². The molecule has 0 aliphatic heterocycles. The first-order valence-corrected chi connectivity index (χ1v) is 4.82. The van der Waals surface area contributed by atoms with Crippen LogP contribution in [0.1, 0.15) is 17.5 Å². The highest BCUT2D eigenvalue weighted by Gasteiger charge is 2.29.